The lowest BCUT2D eigenvalue weighted by atomic mass is 10.3. The highest BCUT2D eigenvalue weighted by Gasteiger charge is 2.15. The molecule has 2 heterocycles. The molecule has 1 amide bonds. The number of nitrogens with zero attached hydrogens (tertiary/aromatic N) is 3. The summed E-state index contributed by atoms with van der Waals surface area (Å²) in [7, 11) is -3.55. The summed E-state index contributed by atoms with van der Waals surface area (Å²) in [6.45, 7) is -0.196. The minimum Gasteiger partial charge on any atom is -0.444 e. The van der Waals surface area contributed by atoms with Crippen molar-refractivity contribution >= 4 is 15.9 Å². The number of amides is 1. The van der Waals surface area contributed by atoms with Crippen LogP contribution in [0.3, 0.4) is 0 Å². The Labute approximate surface area is 109 Å². The van der Waals surface area contributed by atoms with Gasteiger partial charge < -0.3 is 4.42 Å². The fourth-order valence-electron chi connectivity index (χ4n) is 1.36. The summed E-state index contributed by atoms with van der Waals surface area (Å²) in [4.78, 5) is 15.3. The van der Waals surface area contributed by atoms with Crippen molar-refractivity contribution in [3.05, 3.63) is 30.9 Å². The monoisotopic (exact) mass is 283 g/mol. The molecule has 0 saturated heterocycles. The molecule has 0 saturated carbocycles. The second kappa shape index (κ2) is 5.14. The highest BCUT2D eigenvalue weighted by atomic mass is 32.2. The van der Waals surface area contributed by atoms with E-state index in [1.807, 2.05) is 4.72 Å². The van der Waals surface area contributed by atoms with Crippen LogP contribution in [0.2, 0.25) is 0 Å². The normalized spacial score (nSPS) is 11.2. The zero-order valence-corrected chi connectivity index (χ0v) is 10.8. The molecule has 0 radical (unpaired) electrons. The van der Waals surface area contributed by atoms with Crippen molar-refractivity contribution in [1.82, 2.24) is 14.8 Å². The number of hydrogen-bond donors (Lipinski definition) is 1. The van der Waals surface area contributed by atoms with E-state index in [9.17, 15) is 13.2 Å². The third-order valence-corrected chi connectivity index (χ3v) is 2.65. The maximum atomic E-state index is 11.4. The number of rotatable bonds is 4. The maximum absolute atomic E-state index is 11.4. The SMILES string of the molecule is CS(=O)(=O)NC(=O)C[n+]1ccc(-c2ncco2)cn1. The molecular formula is C10H11N4O4S+. The van der Waals surface area contributed by atoms with Gasteiger partial charge in [0.15, 0.2) is 6.20 Å². The van der Waals surface area contributed by atoms with Gasteiger partial charge in [0.25, 0.3) is 6.54 Å². The predicted molar refractivity (Wildman–Crippen MR) is 62.9 cm³/mol. The molecule has 0 unspecified atom stereocenters. The Hall–Kier alpha value is -2.29. The topological polar surface area (TPSA) is 106 Å². The number of hydrogen-bond acceptors (Lipinski definition) is 6. The molecule has 0 spiro atoms. The van der Waals surface area contributed by atoms with Gasteiger partial charge in [0, 0.05) is 6.07 Å². The summed E-state index contributed by atoms with van der Waals surface area (Å²) in [6.07, 6.45) is 6.86. The van der Waals surface area contributed by atoms with Crippen molar-refractivity contribution in [3.63, 3.8) is 0 Å². The number of carbonyl (C=O) groups is 1. The second-order valence-corrected chi connectivity index (χ2v) is 5.50. The predicted octanol–water partition coefficient (Wildman–Crippen LogP) is -0.900. The summed E-state index contributed by atoms with van der Waals surface area (Å²) in [5.74, 6) is -0.246. The fraction of sp³-hybridized carbons (Fsp3) is 0.200. The molecule has 0 fully saturated rings. The Kier molecular flexibility index (Phi) is 3.56. The van der Waals surface area contributed by atoms with Gasteiger partial charge in [-0.3, -0.25) is 4.79 Å². The van der Waals surface area contributed by atoms with Crippen LogP contribution >= 0.6 is 0 Å². The summed E-state index contributed by atoms with van der Waals surface area (Å²) in [5, 5.41) is 3.97. The Bertz CT molecular complexity index is 664. The first-order valence-corrected chi connectivity index (χ1v) is 7.09. The van der Waals surface area contributed by atoms with E-state index in [0.29, 0.717) is 11.5 Å². The van der Waals surface area contributed by atoms with Crippen LogP contribution in [-0.4, -0.2) is 30.7 Å². The molecule has 19 heavy (non-hydrogen) atoms. The molecule has 0 aromatic carbocycles. The average molecular weight is 283 g/mol. The van der Waals surface area contributed by atoms with Crippen LogP contribution in [-0.2, 0) is 21.4 Å². The van der Waals surface area contributed by atoms with Gasteiger partial charge in [0.05, 0.1) is 18.0 Å². The van der Waals surface area contributed by atoms with Crippen LogP contribution in [0.15, 0.2) is 35.3 Å². The molecule has 2 aromatic rings. The second-order valence-electron chi connectivity index (χ2n) is 3.75. The van der Waals surface area contributed by atoms with Gasteiger partial charge in [0.1, 0.15) is 12.5 Å². The Morgan fingerprint density at radius 1 is 1.53 bits per heavy atom. The van der Waals surface area contributed by atoms with Crippen LogP contribution in [0.1, 0.15) is 0 Å². The minimum absolute atomic E-state index is 0.196. The van der Waals surface area contributed by atoms with Crippen LogP contribution in [0.5, 0.6) is 0 Å². The van der Waals surface area contributed by atoms with Crippen molar-refractivity contribution in [2.45, 2.75) is 6.54 Å². The first-order chi connectivity index (χ1) is 8.94. The van der Waals surface area contributed by atoms with E-state index in [-0.39, 0.29) is 6.54 Å². The van der Waals surface area contributed by atoms with Crippen molar-refractivity contribution in [1.29, 1.82) is 0 Å². The summed E-state index contributed by atoms with van der Waals surface area (Å²) < 4.78 is 30.0. The fourth-order valence-corrected chi connectivity index (χ4v) is 1.83. The molecule has 0 aliphatic heterocycles. The van der Waals surface area contributed by atoms with E-state index in [4.69, 9.17) is 4.42 Å². The number of aromatic nitrogens is 3. The molecule has 1 N–H and O–H groups in total. The minimum atomic E-state index is -3.55. The van der Waals surface area contributed by atoms with Crippen molar-refractivity contribution in [3.8, 4) is 11.5 Å². The van der Waals surface area contributed by atoms with Gasteiger partial charge in [-0.2, -0.15) is 0 Å². The summed E-state index contributed by atoms with van der Waals surface area (Å²) >= 11 is 0. The first-order valence-electron chi connectivity index (χ1n) is 5.20. The molecule has 0 bridgehead atoms. The Morgan fingerprint density at radius 3 is 2.84 bits per heavy atom. The molecular weight excluding hydrogens is 272 g/mol. The van der Waals surface area contributed by atoms with Gasteiger partial charge in [0.2, 0.25) is 15.9 Å². The van der Waals surface area contributed by atoms with E-state index in [1.54, 1.807) is 6.07 Å². The van der Waals surface area contributed by atoms with Crippen molar-refractivity contribution in [2.75, 3.05) is 6.26 Å². The van der Waals surface area contributed by atoms with Crippen LogP contribution in [0.4, 0.5) is 0 Å². The average Bonchev–Trinajstić information content (AvgIpc) is 2.80. The molecule has 0 aliphatic rings. The van der Waals surface area contributed by atoms with E-state index in [1.165, 1.54) is 29.5 Å². The highest BCUT2D eigenvalue weighted by molar-refractivity contribution is 7.89. The molecule has 8 nitrogen and oxygen atoms in total. The zero-order chi connectivity index (χ0) is 13.9. The third-order valence-electron chi connectivity index (χ3n) is 2.06. The van der Waals surface area contributed by atoms with Crippen molar-refractivity contribution in [2.24, 2.45) is 0 Å². The molecule has 9 heteroatoms. The Morgan fingerprint density at radius 2 is 2.32 bits per heavy atom. The largest absolute Gasteiger partial charge is 0.444 e. The molecule has 2 rings (SSSR count). The standard InChI is InChI=1S/C10H10N4O4S/c1-19(16,17)13-9(15)7-14-4-2-8(6-12-14)10-11-3-5-18-10/h2-6H,7H2,1H3/p+1. The van der Waals surface area contributed by atoms with E-state index < -0.39 is 15.9 Å². The number of nitrogens with one attached hydrogen (secondary N) is 1. The third kappa shape index (κ3) is 3.85. The maximum Gasteiger partial charge on any atom is 0.301 e. The van der Waals surface area contributed by atoms with Crippen LogP contribution in [0, 0.1) is 0 Å². The summed E-state index contributed by atoms with van der Waals surface area (Å²) in [5.41, 5.74) is 0.657. The number of oxazole rings is 1. The van der Waals surface area contributed by atoms with E-state index in [2.05, 4.69) is 10.1 Å². The quantitative estimate of drug-likeness (QED) is 0.729. The van der Waals surface area contributed by atoms with Gasteiger partial charge in [-0.05, 0) is 5.10 Å². The lowest BCUT2D eigenvalue weighted by Gasteiger charge is -1.98. The Balaban J connectivity index is 2.05. The zero-order valence-electron chi connectivity index (χ0n) is 9.98. The van der Waals surface area contributed by atoms with E-state index in [0.717, 1.165) is 6.26 Å². The lowest BCUT2D eigenvalue weighted by Crippen LogP contribution is -2.46. The number of carbonyl (C=O) groups excluding carboxylic acids is 1. The smallest absolute Gasteiger partial charge is 0.301 e. The van der Waals surface area contributed by atoms with Gasteiger partial charge in [-0.1, -0.05) is 4.68 Å². The number of sulfonamides is 1. The molecule has 0 atom stereocenters. The van der Waals surface area contributed by atoms with Gasteiger partial charge >= 0.3 is 5.91 Å². The van der Waals surface area contributed by atoms with Crippen molar-refractivity contribution < 1.29 is 22.3 Å². The van der Waals surface area contributed by atoms with E-state index >= 15 is 0 Å². The van der Waals surface area contributed by atoms with Crippen LogP contribution in [0.25, 0.3) is 11.5 Å². The molecule has 100 valence electrons. The van der Waals surface area contributed by atoms with Gasteiger partial charge in [-0.25, -0.2) is 18.1 Å². The summed E-state index contributed by atoms with van der Waals surface area (Å²) in [6, 6.07) is 1.66. The highest BCUT2D eigenvalue weighted by Crippen LogP contribution is 2.12. The lowest BCUT2D eigenvalue weighted by molar-refractivity contribution is -0.742. The van der Waals surface area contributed by atoms with Crippen LogP contribution < -0.4 is 9.40 Å². The first kappa shape index (κ1) is 13.1. The molecule has 0 aliphatic carbocycles. The molecule has 2 aromatic heterocycles. The van der Waals surface area contributed by atoms with Gasteiger partial charge in [-0.15, -0.1) is 0 Å².